The summed E-state index contributed by atoms with van der Waals surface area (Å²) in [6.45, 7) is 6.51. The SMILES string of the molecule is CC1CC(C)CN(c2ccc([N+](=O)[O-])s2)C1. The molecule has 0 bridgehead atoms. The Morgan fingerprint density at radius 2 is 2.00 bits per heavy atom. The van der Waals surface area contributed by atoms with Crippen molar-refractivity contribution in [2.45, 2.75) is 20.3 Å². The average molecular weight is 240 g/mol. The smallest absolute Gasteiger partial charge is 0.326 e. The molecule has 1 saturated heterocycles. The highest BCUT2D eigenvalue weighted by Gasteiger charge is 2.24. The molecule has 2 unspecified atom stereocenters. The summed E-state index contributed by atoms with van der Waals surface area (Å²) < 4.78 is 0. The zero-order chi connectivity index (χ0) is 11.7. The number of hydrogen-bond donors (Lipinski definition) is 0. The molecular formula is C11H16N2O2S. The minimum atomic E-state index is -0.315. The van der Waals surface area contributed by atoms with E-state index in [0.29, 0.717) is 11.8 Å². The van der Waals surface area contributed by atoms with E-state index in [2.05, 4.69) is 18.7 Å². The third-order valence-electron chi connectivity index (χ3n) is 2.94. The molecule has 0 radical (unpaired) electrons. The van der Waals surface area contributed by atoms with Crippen LogP contribution in [0.4, 0.5) is 10.0 Å². The van der Waals surface area contributed by atoms with Crippen LogP contribution in [-0.4, -0.2) is 18.0 Å². The van der Waals surface area contributed by atoms with E-state index in [1.807, 2.05) is 6.07 Å². The monoisotopic (exact) mass is 240 g/mol. The Balaban J connectivity index is 2.13. The minimum Gasteiger partial charge on any atom is -0.363 e. The summed E-state index contributed by atoms with van der Waals surface area (Å²) in [4.78, 5) is 12.6. The number of thiophene rings is 1. The van der Waals surface area contributed by atoms with Crippen LogP contribution in [0.25, 0.3) is 0 Å². The first-order valence-corrected chi connectivity index (χ1v) is 6.37. The lowest BCUT2D eigenvalue weighted by molar-refractivity contribution is -0.380. The van der Waals surface area contributed by atoms with Gasteiger partial charge in [0.15, 0.2) is 0 Å². The van der Waals surface area contributed by atoms with Crippen molar-refractivity contribution in [3.8, 4) is 0 Å². The second kappa shape index (κ2) is 4.41. The largest absolute Gasteiger partial charge is 0.363 e. The quantitative estimate of drug-likeness (QED) is 0.589. The van der Waals surface area contributed by atoms with Gasteiger partial charge in [0.05, 0.1) is 9.92 Å². The normalized spacial score (nSPS) is 25.8. The maximum atomic E-state index is 10.6. The van der Waals surface area contributed by atoms with Gasteiger partial charge < -0.3 is 4.90 Å². The molecule has 4 nitrogen and oxygen atoms in total. The average Bonchev–Trinajstić information content (AvgIpc) is 2.64. The number of hydrogen-bond acceptors (Lipinski definition) is 4. The molecule has 1 aromatic rings. The molecule has 0 spiro atoms. The van der Waals surface area contributed by atoms with Crippen LogP contribution in [0.1, 0.15) is 20.3 Å². The van der Waals surface area contributed by atoms with Gasteiger partial charge in [0, 0.05) is 19.2 Å². The molecule has 0 aliphatic carbocycles. The van der Waals surface area contributed by atoms with Crippen molar-refractivity contribution >= 4 is 21.3 Å². The Kier molecular flexibility index (Phi) is 3.14. The molecule has 0 amide bonds. The highest BCUT2D eigenvalue weighted by atomic mass is 32.1. The lowest BCUT2D eigenvalue weighted by Crippen LogP contribution is -2.38. The van der Waals surface area contributed by atoms with Crippen molar-refractivity contribution in [1.29, 1.82) is 0 Å². The van der Waals surface area contributed by atoms with Crippen LogP contribution >= 0.6 is 11.3 Å². The van der Waals surface area contributed by atoms with Crippen molar-refractivity contribution in [3.63, 3.8) is 0 Å². The van der Waals surface area contributed by atoms with E-state index in [1.54, 1.807) is 6.07 Å². The fourth-order valence-corrected chi connectivity index (χ4v) is 3.27. The Labute approximate surface area is 99.0 Å². The van der Waals surface area contributed by atoms with Crippen LogP contribution in [0.3, 0.4) is 0 Å². The van der Waals surface area contributed by atoms with E-state index in [0.717, 1.165) is 18.1 Å². The van der Waals surface area contributed by atoms with E-state index in [9.17, 15) is 10.1 Å². The second-order valence-electron chi connectivity index (χ2n) is 4.72. The number of nitro groups is 1. The maximum absolute atomic E-state index is 10.6. The molecule has 2 heterocycles. The first kappa shape index (κ1) is 11.4. The van der Waals surface area contributed by atoms with E-state index < -0.39 is 0 Å². The third-order valence-corrected chi connectivity index (χ3v) is 4.04. The molecule has 1 fully saturated rings. The Morgan fingerprint density at radius 3 is 2.50 bits per heavy atom. The van der Waals surface area contributed by atoms with Crippen LogP contribution in [0.2, 0.25) is 0 Å². The molecule has 1 aliphatic heterocycles. The highest BCUT2D eigenvalue weighted by molar-refractivity contribution is 7.19. The zero-order valence-corrected chi connectivity index (χ0v) is 10.4. The standard InChI is InChI=1S/C11H16N2O2S/c1-8-5-9(2)7-12(6-8)10-3-4-11(16-10)13(14)15/h3-4,8-9H,5-7H2,1-2H3. The summed E-state index contributed by atoms with van der Waals surface area (Å²) in [5, 5.41) is 11.9. The van der Waals surface area contributed by atoms with Crippen LogP contribution < -0.4 is 4.90 Å². The minimum absolute atomic E-state index is 0.237. The Hall–Kier alpha value is -1.10. The molecule has 0 N–H and O–H groups in total. The molecule has 2 atom stereocenters. The van der Waals surface area contributed by atoms with Gasteiger partial charge in [-0.1, -0.05) is 13.8 Å². The van der Waals surface area contributed by atoms with Crippen LogP contribution in [-0.2, 0) is 0 Å². The molecule has 5 heteroatoms. The molecule has 88 valence electrons. The van der Waals surface area contributed by atoms with Crippen LogP contribution in [0.5, 0.6) is 0 Å². The molecule has 0 saturated carbocycles. The first-order chi connectivity index (χ1) is 7.56. The molecule has 16 heavy (non-hydrogen) atoms. The van der Waals surface area contributed by atoms with Gasteiger partial charge in [-0.15, -0.1) is 0 Å². The van der Waals surface area contributed by atoms with Gasteiger partial charge in [-0.2, -0.15) is 0 Å². The molecular weight excluding hydrogens is 224 g/mol. The first-order valence-electron chi connectivity index (χ1n) is 5.55. The van der Waals surface area contributed by atoms with Gasteiger partial charge in [-0.25, -0.2) is 0 Å². The van der Waals surface area contributed by atoms with Crippen molar-refractivity contribution in [2.24, 2.45) is 11.8 Å². The summed E-state index contributed by atoms with van der Waals surface area (Å²) in [6, 6.07) is 3.47. The third kappa shape index (κ3) is 2.35. The number of anilines is 1. The van der Waals surface area contributed by atoms with E-state index >= 15 is 0 Å². The summed E-state index contributed by atoms with van der Waals surface area (Å²) in [5.74, 6) is 1.34. The Bertz CT molecular complexity index is 381. The predicted octanol–water partition coefficient (Wildman–Crippen LogP) is 3.14. The number of piperidine rings is 1. The number of nitrogens with zero attached hydrogens (tertiary/aromatic N) is 2. The van der Waals surface area contributed by atoms with Crippen LogP contribution in [0, 0.1) is 22.0 Å². The molecule has 2 rings (SSSR count). The molecule has 0 aromatic carbocycles. The van der Waals surface area contributed by atoms with Crippen molar-refractivity contribution < 1.29 is 4.92 Å². The number of rotatable bonds is 2. The summed E-state index contributed by atoms with van der Waals surface area (Å²) in [7, 11) is 0. The molecule has 1 aliphatic rings. The van der Waals surface area contributed by atoms with Crippen LogP contribution in [0.15, 0.2) is 12.1 Å². The highest BCUT2D eigenvalue weighted by Crippen LogP contribution is 2.34. The van der Waals surface area contributed by atoms with Gasteiger partial charge in [-0.05, 0) is 35.7 Å². The fourth-order valence-electron chi connectivity index (χ4n) is 2.43. The van der Waals surface area contributed by atoms with Crippen molar-refractivity contribution in [3.05, 3.63) is 22.2 Å². The lowest BCUT2D eigenvalue weighted by Gasteiger charge is -2.35. The maximum Gasteiger partial charge on any atom is 0.326 e. The zero-order valence-electron chi connectivity index (χ0n) is 9.55. The lowest BCUT2D eigenvalue weighted by atomic mass is 9.92. The Morgan fingerprint density at radius 1 is 1.38 bits per heavy atom. The van der Waals surface area contributed by atoms with Gasteiger partial charge in [-0.3, -0.25) is 10.1 Å². The van der Waals surface area contributed by atoms with Gasteiger partial charge in [0.1, 0.15) is 0 Å². The molecule has 1 aromatic heterocycles. The second-order valence-corrected chi connectivity index (χ2v) is 5.76. The van der Waals surface area contributed by atoms with Gasteiger partial charge in [0.2, 0.25) is 0 Å². The van der Waals surface area contributed by atoms with Gasteiger partial charge in [0.25, 0.3) is 0 Å². The van der Waals surface area contributed by atoms with E-state index in [4.69, 9.17) is 0 Å². The summed E-state index contributed by atoms with van der Waals surface area (Å²) in [5.41, 5.74) is 0. The van der Waals surface area contributed by atoms with E-state index in [-0.39, 0.29) is 9.92 Å². The summed E-state index contributed by atoms with van der Waals surface area (Å²) in [6.07, 6.45) is 1.25. The van der Waals surface area contributed by atoms with Gasteiger partial charge >= 0.3 is 5.00 Å². The van der Waals surface area contributed by atoms with Crippen molar-refractivity contribution in [2.75, 3.05) is 18.0 Å². The topological polar surface area (TPSA) is 46.4 Å². The van der Waals surface area contributed by atoms with Crippen molar-refractivity contribution in [1.82, 2.24) is 0 Å². The van der Waals surface area contributed by atoms with E-state index in [1.165, 1.54) is 17.8 Å². The fraction of sp³-hybridized carbons (Fsp3) is 0.636. The summed E-state index contributed by atoms with van der Waals surface area (Å²) >= 11 is 1.28. The predicted molar refractivity (Wildman–Crippen MR) is 66.1 cm³/mol.